The highest BCUT2D eigenvalue weighted by molar-refractivity contribution is 7.99. The van der Waals surface area contributed by atoms with Crippen molar-refractivity contribution in [2.45, 2.75) is 6.04 Å². The van der Waals surface area contributed by atoms with Crippen LogP contribution < -0.4 is 0 Å². The van der Waals surface area contributed by atoms with Crippen molar-refractivity contribution in [3.05, 3.63) is 29.8 Å². The van der Waals surface area contributed by atoms with E-state index in [-0.39, 0.29) is 0 Å². The lowest BCUT2D eigenvalue weighted by Gasteiger charge is -2.38. The van der Waals surface area contributed by atoms with Crippen LogP contribution >= 0.6 is 23.5 Å². The summed E-state index contributed by atoms with van der Waals surface area (Å²) < 4.78 is 0. The molecule has 1 atom stereocenters. The predicted molar refractivity (Wildman–Crippen MR) is 93.5 cm³/mol. The average Bonchev–Trinajstić information content (AvgIpc) is 2.55. The summed E-state index contributed by atoms with van der Waals surface area (Å²) in [7, 11) is 0. The van der Waals surface area contributed by atoms with Gasteiger partial charge in [-0.1, -0.05) is 18.2 Å². The predicted octanol–water partition coefficient (Wildman–Crippen LogP) is 2.53. The van der Waals surface area contributed by atoms with Crippen molar-refractivity contribution in [1.82, 2.24) is 9.80 Å². The molecule has 5 heteroatoms. The number of nitrogens with zero attached hydrogens (tertiary/aromatic N) is 2. The zero-order valence-corrected chi connectivity index (χ0v) is 14.0. The lowest BCUT2D eigenvalue weighted by Crippen LogP contribution is -2.44. The van der Waals surface area contributed by atoms with Crippen LogP contribution in [0.15, 0.2) is 24.3 Å². The molecule has 0 spiro atoms. The molecule has 3 rings (SSSR count). The van der Waals surface area contributed by atoms with Gasteiger partial charge in [0.2, 0.25) is 0 Å². The number of aromatic hydroxyl groups is 1. The van der Waals surface area contributed by atoms with Gasteiger partial charge in [0.1, 0.15) is 5.75 Å². The molecule has 2 fully saturated rings. The van der Waals surface area contributed by atoms with Crippen LogP contribution in [0.1, 0.15) is 11.6 Å². The lowest BCUT2D eigenvalue weighted by molar-refractivity contribution is 0.152. The molecule has 0 amide bonds. The van der Waals surface area contributed by atoms with E-state index < -0.39 is 0 Å². The number of hydrogen-bond donors (Lipinski definition) is 1. The number of phenolic OH excluding ortho intramolecular Hbond substituents is 1. The van der Waals surface area contributed by atoms with Crippen molar-refractivity contribution in [2.24, 2.45) is 0 Å². The fourth-order valence-corrected chi connectivity index (χ4v) is 5.01. The number of benzene rings is 1. The average molecular weight is 325 g/mol. The minimum Gasteiger partial charge on any atom is -0.508 e. The molecule has 3 nitrogen and oxygen atoms in total. The third-order valence-corrected chi connectivity index (χ3v) is 6.20. The molecule has 0 radical (unpaired) electrons. The molecular weight excluding hydrogens is 300 g/mol. The summed E-state index contributed by atoms with van der Waals surface area (Å²) in [6, 6.07) is 8.22. The number of para-hydroxylation sites is 1. The Morgan fingerprint density at radius 1 is 0.952 bits per heavy atom. The lowest BCUT2D eigenvalue weighted by atomic mass is 10.0. The Bertz CT molecular complexity index is 446. The zero-order valence-electron chi connectivity index (χ0n) is 12.4. The van der Waals surface area contributed by atoms with E-state index in [1.54, 1.807) is 0 Å². The quantitative estimate of drug-likeness (QED) is 0.918. The van der Waals surface area contributed by atoms with Gasteiger partial charge in [-0.25, -0.2) is 0 Å². The van der Waals surface area contributed by atoms with Gasteiger partial charge in [0.25, 0.3) is 0 Å². The summed E-state index contributed by atoms with van der Waals surface area (Å²) >= 11 is 4.09. The summed E-state index contributed by atoms with van der Waals surface area (Å²) in [5.74, 6) is 5.35. The normalized spacial score (nSPS) is 23.0. The first-order valence-corrected chi connectivity index (χ1v) is 10.1. The first kappa shape index (κ1) is 15.5. The second-order valence-corrected chi connectivity index (χ2v) is 8.09. The highest BCUT2D eigenvalue weighted by Crippen LogP contribution is 2.31. The molecule has 1 aromatic carbocycles. The van der Waals surface area contributed by atoms with E-state index in [0.717, 1.165) is 25.2 Å². The van der Waals surface area contributed by atoms with Crippen LogP contribution in [0.5, 0.6) is 5.75 Å². The second kappa shape index (κ2) is 7.77. The van der Waals surface area contributed by atoms with Gasteiger partial charge < -0.3 is 5.11 Å². The Morgan fingerprint density at radius 2 is 1.57 bits per heavy atom. The Balaban J connectivity index is 1.78. The molecular formula is C16H24N2OS2. The van der Waals surface area contributed by atoms with Gasteiger partial charge >= 0.3 is 0 Å². The van der Waals surface area contributed by atoms with Crippen LogP contribution in [0.3, 0.4) is 0 Å². The van der Waals surface area contributed by atoms with E-state index in [1.165, 1.54) is 36.1 Å². The van der Waals surface area contributed by atoms with Gasteiger partial charge in [0.05, 0.1) is 6.04 Å². The van der Waals surface area contributed by atoms with Gasteiger partial charge in [0, 0.05) is 61.3 Å². The molecule has 0 aromatic heterocycles. The Morgan fingerprint density at radius 3 is 2.24 bits per heavy atom. The van der Waals surface area contributed by atoms with Crippen molar-refractivity contribution in [3.8, 4) is 5.75 Å². The highest BCUT2D eigenvalue weighted by atomic mass is 32.2. The Hall–Kier alpha value is -0.360. The Kier molecular flexibility index (Phi) is 5.75. The second-order valence-electron chi connectivity index (χ2n) is 5.64. The van der Waals surface area contributed by atoms with Crippen LogP contribution in [0.2, 0.25) is 0 Å². The van der Waals surface area contributed by atoms with Crippen molar-refractivity contribution in [3.63, 3.8) is 0 Å². The van der Waals surface area contributed by atoms with Gasteiger partial charge in [-0.2, -0.15) is 23.5 Å². The fourth-order valence-electron chi connectivity index (χ4n) is 3.10. The van der Waals surface area contributed by atoms with Crippen LogP contribution in [0.4, 0.5) is 0 Å². The zero-order chi connectivity index (χ0) is 14.5. The van der Waals surface area contributed by atoms with Gasteiger partial charge in [0.15, 0.2) is 0 Å². The summed E-state index contributed by atoms with van der Waals surface area (Å²) in [5.41, 5.74) is 1.10. The van der Waals surface area contributed by atoms with Crippen molar-refractivity contribution in [2.75, 3.05) is 55.7 Å². The third kappa shape index (κ3) is 4.09. The topological polar surface area (TPSA) is 26.7 Å². The molecule has 1 N–H and O–H groups in total. The number of hydrogen-bond acceptors (Lipinski definition) is 5. The SMILES string of the molecule is Oc1ccccc1C(CN1CCSCC1)N1CCSCC1. The van der Waals surface area contributed by atoms with Gasteiger partial charge in [-0.05, 0) is 6.07 Å². The maximum atomic E-state index is 10.3. The molecule has 2 aliphatic heterocycles. The highest BCUT2D eigenvalue weighted by Gasteiger charge is 2.27. The van der Waals surface area contributed by atoms with Crippen molar-refractivity contribution >= 4 is 23.5 Å². The molecule has 0 aliphatic carbocycles. The van der Waals surface area contributed by atoms with E-state index in [2.05, 4.69) is 27.6 Å². The molecule has 0 saturated carbocycles. The molecule has 1 aromatic rings. The Labute approximate surface area is 136 Å². The van der Waals surface area contributed by atoms with Gasteiger partial charge in [-0.15, -0.1) is 0 Å². The smallest absolute Gasteiger partial charge is 0.120 e. The van der Waals surface area contributed by atoms with E-state index in [0.29, 0.717) is 11.8 Å². The number of phenols is 1. The maximum Gasteiger partial charge on any atom is 0.120 e. The van der Waals surface area contributed by atoms with E-state index >= 15 is 0 Å². The summed E-state index contributed by atoms with van der Waals surface area (Å²) in [6.45, 7) is 5.66. The van der Waals surface area contributed by atoms with E-state index in [1.807, 2.05) is 30.0 Å². The first-order chi connectivity index (χ1) is 10.3. The largest absolute Gasteiger partial charge is 0.508 e. The standard InChI is InChI=1S/C16H24N2OS2/c19-16-4-2-1-3-14(16)15(18-7-11-21-12-8-18)13-17-5-9-20-10-6-17/h1-4,15,19H,5-13H2. The molecule has 116 valence electrons. The van der Waals surface area contributed by atoms with Crippen molar-refractivity contribution in [1.29, 1.82) is 0 Å². The van der Waals surface area contributed by atoms with Crippen LogP contribution in [-0.2, 0) is 0 Å². The minimum atomic E-state index is 0.329. The maximum absolute atomic E-state index is 10.3. The minimum absolute atomic E-state index is 0.329. The van der Waals surface area contributed by atoms with E-state index in [4.69, 9.17) is 0 Å². The monoisotopic (exact) mass is 324 g/mol. The summed E-state index contributed by atoms with van der Waals surface area (Å²) in [4.78, 5) is 5.13. The number of rotatable bonds is 4. The molecule has 2 aliphatic rings. The van der Waals surface area contributed by atoms with Crippen LogP contribution in [-0.4, -0.2) is 70.6 Å². The molecule has 0 bridgehead atoms. The van der Waals surface area contributed by atoms with Gasteiger partial charge in [-0.3, -0.25) is 9.80 Å². The van der Waals surface area contributed by atoms with Crippen molar-refractivity contribution < 1.29 is 5.11 Å². The summed E-state index contributed by atoms with van der Waals surface area (Å²) in [6.07, 6.45) is 0. The fraction of sp³-hybridized carbons (Fsp3) is 0.625. The molecule has 2 saturated heterocycles. The van der Waals surface area contributed by atoms with E-state index in [9.17, 15) is 5.11 Å². The third-order valence-electron chi connectivity index (χ3n) is 4.32. The molecule has 2 heterocycles. The molecule has 1 unspecified atom stereocenters. The summed E-state index contributed by atoms with van der Waals surface area (Å²) in [5, 5.41) is 10.3. The van der Waals surface area contributed by atoms with Crippen LogP contribution in [0.25, 0.3) is 0 Å². The first-order valence-electron chi connectivity index (χ1n) is 7.74. The molecule has 21 heavy (non-hydrogen) atoms. The van der Waals surface area contributed by atoms with Crippen LogP contribution in [0, 0.1) is 0 Å². The number of thioether (sulfide) groups is 2.